The Hall–Kier alpha value is -0.850. The Morgan fingerprint density at radius 1 is 1.37 bits per heavy atom. The van der Waals surface area contributed by atoms with Crippen LogP contribution in [0.25, 0.3) is 0 Å². The van der Waals surface area contributed by atoms with Gasteiger partial charge in [-0.1, -0.05) is 29.8 Å². The Balaban J connectivity index is 1.85. The molecule has 0 saturated carbocycles. The minimum absolute atomic E-state index is 0.0752. The number of halogens is 1. The van der Waals surface area contributed by atoms with Crippen LogP contribution in [0.15, 0.2) is 24.3 Å². The Bertz CT molecular complexity index is 632. The Kier molecular flexibility index (Phi) is 3.19. The van der Waals surface area contributed by atoms with E-state index < -0.39 is 9.84 Å². The van der Waals surface area contributed by atoms with Gasteiger partial charge in [0.1, 0.15) is 0 Å². The Labute approximate surface area is 122 Å². The van der Waals surface area contributed by atoms with Crippen molar-refractivity contribution < 1.29 is 8.42 Å². The first-order valence-electron chi connectivity index (χ1n) is 5.97. The van der Waals surface area contributed by atoms with Gasteiger partial charge in [-0.3, -0.25) is 0 Å². The molecule has 3 rings (SSSR count). The number of hydrogen-bond acceptors (Lipinski definition) is 3. The molecule has 1 aromatic carbocycles. The van der Waals surface area contributed by atoms with E-state index >= 15 is 0 Å². The smallest absolute Gasteiger partial charge is 0.169 e. The quantitative estimate of drug-likeness (QED) is 0.831. The fourth-order valence-electron chi connectivity index (χ4n) is 2.67. The third-order valence-corrected chi connectivity index (χ3v) is 6.03. The van der Waals surface area contributed by atoms with Crippen molar-refractivity contribution in [3.05, 3.63) is 34.9 Å². The summed E-state index contributed by atoms with van der Waals surface area (Å²) in [6.07, 6.45) is 0. The van der Waals surface area contributed by atoms with Gasteiger partial charge in [0.05, 0.1) is 23.6 Å². The molecule has 2 saturated heterocycles. The van der Waals surface area contributed by atoms with E-state index in [1.807, 2.05) is 29.2 Å². The predicted molar refractivity (Wildman–Crippen MR) is 79.0 cm³/mol. The molecule has 2 aliphatic rings. The number of nitrogens with zero attached hydrogens (tertiary/aromatic N) is 1. The van der Waals surface area contributed by atoms with E-state index in [4.69, 9.17) is 23.8 Å². The van der Waals surface area contributed by atoms with Crippen LogP contribution in [0.4, 0.5) is 0 Å². The summed E-state index contributed by atoms with van der Waals surface area (Å²) >= 11 is 11.4. The van der Waals surface area contributed by atoms with Gasteiger partial charge < -0.3 is 10.2 Å². The van der Waals surface area contributed by atoms with Crippen LogP contribution in [-0.2, 0) is 16.4 Å². The highest BCUT2D eigenvalue weighted by atomic mass is 35.5. The molecule has 0 radical (unpaired) electrons. The fraction of sp³-hybridized carbons (Fsp3) is 0.417. The summed E-state index contributed by atoms with van der Waals surface area (Å²) < 4.78 is 23.4. The minimum Gasteiger partial charge on any atom is -0.357 e. The molecule has 2 aliphatic heterocycles. The van der Waals surface area contributed by atoms with Crippen LogP contribution in [-0.4, -0.2) is 42.0 Å². The molecule has 7 heteroatoms. The molecule has 4 nitrogen and oxygen atoms in total. The molecule has 2 atom stereocenters. The summed E-state index contributed by atoms with van der Waals surface area (Å²) in [4.78, 5) is 1.94. The average molecular weight is 317 g/mol. The third-order valence-electron chi connectivity index (χ3n) is 3.59. The zero-order valence-electron chi connectivity index (χ0n) is 10.0. The number of sulfone groups is 1. The van der Waals surface area contributed by atoms with Crippen molar-refractivity contribution in [1.29, 1.82) is 0 Å². The lowest BCUT2D eigenvalue weighted by atomic mass is 10.1. The number of thiocarbonyl (C=S) groups is 1. The largest absolute Gasteiger partial charge is 0.357 e. The Morgan fingerprint density at radius 2 is 2.11 bits per heavy atom. The molecule has 0 amide bonds. The molecule has 19 heavy (non-hydrogen) atoms. The molecule has 0 aromatic heterocycles. The van der Waals surface area contributed by atoms with Gasteiger partial charge in [-0.05, 0) is 23.8 Å². The average Bonchev–Trinajstić information content (AvgIpc) is 2.75. The SMILES string of the molecule is O=S1(=O)C[C@H]2NC(=S)N(Cc3ccccc3Cl)[C@H]2C1. The first-order valence-corrected chi connectivity index (χ1v) is 8.58. The van der Waals surface area contributed by atoms with Crippen LogP contribution in [0.5, 0.6) is 0 Å². The van der Waals surface area contributed by atoms with E-state index in [1.54, 1.807) is 0 Å². The van der Waals surface area contributed by atoms with Crippen molar-refractivity contribution in [2.45, 2.75) is 18.6 Å². The third kappa shape index (κ3) is 2.44. The molecule has 1 N–H and O–H groups in total. The number of nitrogens with one attached hydrogen (secondary N) is 1. The van der Waals surface area contributed by atoms with Crippen LogP contribution in [0.1, 0.15) is 5.56 Å². The number of rotatable bonds is 2. The van der Waals surface area contributed by atoms with Crippen molar-refractivity contribution in [3.8, 4) is 0 Å². The second-order valence-corrected chi connectivity index (χ2v) is 7.87. The monoisotopic (exact) mass is 316 g/mol. The predicted octanol–water partition coefficient (Wildman–Crippen LogP) is 1.20. The van der Waals surface area contributed by atoms with E-state index in [-0.39, 0.29) is 23.6 Å². The molecular formula is C12H13ClN2O2S2. The highest BCUT2D eigenvalue weighted by Crippen LogP contribution is 2.27. The summed E-state index contributed by atoms with van der Waals surface area (Å²) in [5, 5.41) is 4.39. The van der Waals surface area contributed by atoms with Gasteiger partial charge in [0.2, 0.25) is 0 Å². The maximum absolute atomic E-state index is 11.7. The number of fused-ring (bicyclic) bond motifs is 1. The molecule has 102 valence electrons. The van der Waals surface area contributed by atoms with Gasteiger partial charge in [-0.15, -0.1) is 0 Å². The number of benzene rings is 1. The van der Waals surface area contributed by atoms with Crippen molar-refractivity contribution in [1.82, 2.24) is 10.2 Å². The summed E-state index contributed by atoms with van der Waals surface area (Å²) in [7, 11) is -2.96. The molecule has 0 spiro atoms. The Morgan fingerprint density at radius 3 is 2.84 bits per heavy atom. The van der Waals surface area contributed by atoms with Crippen LogP contribution in [0, 0.1) is 0 Å². The second-order valence-electron chi connectivity index (χ2n) is 4.92. The van der Waals surface area contributed by atoms with Crippen LogP contribution in [0.3, 0.4) is 0 Å². The lowest BCUT2D eigenvalue weighted by Gasteiger charge is -2.23. The van der Waals surface area contributed by atoms with Crippen LogP contribution < -0.4 is 5.32 Å². The van der Waals surface area contributed by atoms with E-state index in [0.29, 0.717) is 16.7 Å². The lowest BCUT2D eigenvalue weighted by Crippen LogP contribution is -2.36. The molecule has 0 aliphatic carbocycles. The van der Waals surface area contributed by atoms with Crippen LogP contribution in [0.2, 0.25) is 5.02 Å². The van der Waals surface area contributed by atoms with E-state index in [0.717, 1.165) is 5.56 Å². The van der Waals surface area contributed by atoms with Crippen LogP contribution >= 0.6 is 23.8 Å². The van der Waals surface area contributed by atoms with Gasteiger partial charge >= 0.3 is 0 Å². The van der Waals surface area contributed by atoms with E-state index in [2.05, 4.69) is 5.32 Å². The molecule has 2 fully saturated rings. The lowest BCUT2D eigenvalue weighted by molar-refractivity contribution is 0.349. The highest BCUT2D eigenvalue weighted by Gasteiger charge is 2.46. The fourth-order valence-corrected chi connectivity index (χ4v) is 5.13. The molecule has 2 heterocycles. The van der Waals surface area contributed by atoms with Gasteiger partial charge in [0.25, 0.3) is 0 Å². The van der Waals surface area contributed by atoms with Gasteiger partial charge in [-0.25, -0.2) is 8.42 Å². The van der Waals surface area contributed by atoms with Crippen molar-refractivity contribution >= 4 is 38.8 Å². The van der Waals surface area contributed by atoms with Crippen molar-refractivity contribution in [3.63, 3.8) is 0 Å². The normalized spacial score (nSPS) is 28.3. The van der Waals surface area contributed by atoms with Gasteiger partial charge in [0, 0.05) is 11.6 Å². The highest BCUT2D eigenvalue weighted by molar-refractivity contribution is 7.91. The topological polar surface area (TPSA) is 49.4 Å². The summed E-state index contributed by atoms with van der Waals surface area (Å²) in [5.74, 6) is 0.325. The first-order chi connectivity index (χ1) is 8.96. The summed E-state index contributed by atoms with van der Waals surface area (Å²) in [6, 6.07) is 7.38. The summed E-state index contributed by atoms with van der Waals surface area (Å²) in [6.45, 7) is 0.544. The van der Waals surface area contributed by atoms with Gasteiger partial charge in [0.15, 0.2) is 14.9 Å². The zero-order valence-corrected chi connectivity index (χ0v) is 12.4. The maximum Gasteiger partial charge on any atom is 0.169 e. The molecule has 1 aromatic rings. The van der Waals surface area contributed by atoms with Gasteiger partial charge in [-0.2, -0.15) is 0 Å². The van der Waals surface area contributed by atoms with E-state index in [1.165, 1.54) is 0 Å². The number of hydrogen-bond donors (Lipinski definition) is 1. The van der Waals surface area contributed by atoms with Crippen molar-refractivity contribution in [2.24, 2.45) is 0 Å². The van der Waals surface area contributed by atoms with E-state index in [9.17, 15) is 8.42 Å². The minimum atomic E-state index is -2.96. The maximum atomic E-state index is 11.7. The summed E-state index contributed by atoms with van der Waals surface area (Å²) in [5.41, 5.74) is 0.957. The first kappa shape index (κ1) is 13.1. The molecule has 0 bridgehead atoms. The standard InChI is InChI=1S/C12H13ClN2O2S2/c13-9-4-2-1-3-8(9)5-15-11-7-19(16,17)6-10(11)14-12(15)18/h1-4,10-11H,5-7H2,(H,14,18)/t10-,11+/m1/s1. The molecule has 0 unspecified atom stereocenters. The molecular weight excluding hydrogens is 304 g/mol. The zero-order chi connectivity index (χ0) is 13.6. The van der Waals surface area contributed by atoms with Crippen molar-refractivity contribution in [2.75, 3.05) is 11.5 Å². The second kappa shape index (κ2) is 4.61.